The van der Waals surface area contributed by atoms with Gasteiger partial charge in [0.15, 0.2) is 0 Å². The Morgan fingerprint density at radius 3 is 2.79 bits per heavy atom. The molecular weight excluding hydrogens is 240 g/mol. The average molecular weight is 258 g/mol. The maximum atomic E-state index is 12.0. The molecular formula is C15H18N2O2. The van der Waals surface area contributed by atoms with Gasteiger partial charge < -0.3 is 4.74 Å². The number of aliphatic imine (C=N–C) groups is 1. The molecule has 0 atom stereocenters. The number of ether oxygens (including phenoxy) is 1. The van der Waals surface area contributed by atoms with E-state index in [-0.39, 0.29) is 18.7 Å². The van der Waals surface area contributed by atoms with Crippen molar-refractivity contribution in [3.05, 3.63) is 48.2 Å². The summed E-state index contributed by atoms with van der Waals surface area (Å²) in [6.45, 7) is 4.25. The molecule has 1 heterocycles. The first kappa shape index (κ1) is 13.3. The normalized spacial score (nSPS) is 16.4. The van der Waals surface area contributed by atoms with Gasteiger partial charge in [-0.25, -0.2) is 9.69 Å². The van der Waals surface area contributed by atoms with E-state index in [0.717, 1.165) is 11.4 Å². The highest BCUT2D eigenvalue weighted by molar-refractivity contribution is 5.99. The topological polar surface area (TPSA) is 41.9 Å². The summed E-state index contributed by atoms with van der Waals surface area (Å²) in [7, 11) is 0. The minimum Gasteiger partial charge on any atom is -0.444 e. The van der Waals surface area contributed by atoms with Crippen LogP contribution in [-0.4, -0.2) is 22.9 Å². The molecule has 4 nitrogen and oxygen atoms in total. The van der Waals surface area contributed by atoms with Gasteiger partial charge in [0.25, 0.3) is 0 Å². The summed E-state index contributed by atoms with van der Waals surface area (Å²) in [5, 5.41) is 0. The smallest absolute Gasteiger partial charge is 0.419 e. The van der Waals surface area contributed by atoms with Gasteiger partial charge in [-0.3, -0.25) is 4.99 Å². The molecule has 0 fully saturated rings. The van der Waals surface area contributed by atoms with Gasteiger partial charge in [0.1, 0.15) is 12.4 Å². The predicted octanol–water partition coefficient (Wildman–Crippen LogP) is 3.35. The number of carbonyl (C=O) groups excluding carboxylic acids is 1. The molecule has 0 N–H and O–H groups in total. The second kappa shape index (κ2) is 6.18. The number of benzene rings is 1. The van der Waals surface area contributed by atoms with Gasteiger partial charge in [0.2, 0.25) is 0 Å². The molecule has 1 aromatic rings. The van der Waals surface area contributed by atoms with E-state index in [1.807, 2.05) is 50.3 Å². The van der Waals surface area contributed by atoms with Crippen molar-refractivity contribution in [2.75, 3.05) is 0 Å². The quantitative estimate of drug-likeness (QED) is 0.834. The molecule has 0 radical (unpaired) electrons. The summed E-state index contributed by atoms with van der Waals surface area (Å²) in [5.74, 6) is 0.744. The van der Waals surface area contributed by atoms with Gasteiger partial charge in [-0.2, -0.15) is 0 Å². The number of hydrogen-bond acceptors (Lipinski definition) is 3. The lowest BCUT2D eigenvalue weighted by Gasteiger charge is -2.16. The molecule has 1 aromatic carbocycles. The third-order valence-electron chi connectivity index (χ3n) is 2.64. The minimum atomic E-state index is -0.378. The van der Waals surface area contributed by atoms with Crippen molar-refractivity contribution in [1.82, 2.24) is 4.90 Å². The summed E-state index contributed by atoms with van der Waals surface area (Å²) in [4.78, 5) is 17.9. The monoisotopic (exact) mass is 258 g/mol. The highest BCUT2D eigenvalue weighted by atomic mass is 16.6. The molecule has 0 aromatic heterocycles. The van der Waals surface area contributed by atoms with Gasteiger partial charge >= 0.3 is 6.09 Å². The fourth-order valence-electron chi connectivity index (χ4n) is 1.82. The van der Waals surface area contributed by atoms with Crippen molar-refractivity contribution < 1.29 is 9.53 Å². The molecule has 1 aliphatic rings. The second-order valence-electron chi connectivity index (χ2n) is 4.64. The van der Waals surface area contributed by atoms with E-state index in [0.29, 0.717) is 6.42 Å². The Balaban J connectivity index is 1.94. The molecule has 4 heteroatoms. The van der Waals surface area contributed by atoms with E-state index in [1.54, 1.807) is 6.20 Å². The van der Waals surface area contributed by atoms with Crippen LogP contribution in [0.25, 0.3) is 0 Å². The molecule has 0 saturated heterocycles. The van der Waals surface area contributed by atoms with Crippen molar-refractivity contribution in [1.29, 1.82) is 0 Å². The number of amides is 1. The van der Waals surface area contributed by atoms with Crippen LogP contribution in [-0.2, 0) is 11.3 Å². The average Bonchev–Trinajstić information content (AvgIpc) is 2.84. The molecule has 19 heavy (non-hydrogen) atoms. The van der Waals surface area contributed by atoms with Crippen LogP contribution in [0.1, 0.15) is 25.8 Å². The lowest BCUT2D eigenvalue weighted by Crippen LogP contribution is -2.30. The Labute approximate surface area is 113 Å². The minimum absolute atomic E-state index is 0.166. The molecule has 0 aliphatic carbocycles. The first-order chi connectivity index (χ1) is 9.16. The molecule has 0 spiro atoms. The summed E-state index contributed by atoms with van der Waals surface area (Å²) in [5.41, 5.74) is 0.973. The Morgan fingerprint density at radius 1 is 1.37 bits per heavy atom. The van der Waals surface area contributed by atoms with Crippen molar-refractivity contribution in [2.45, 2.75) is 32.9 Å². The van der Waals surface area contributed by atoms with Crippen LogP contribution in [0.5, 0.6) is 0 Å². The van der Waals surface area contributed by atoms with E-state index < -0.39 is 0 Å². The van der Waals surface area contributed by atoms with Crippen LogP contribution in [0.15, 0.2) is 47.6 Å². The summed E-state index contributed by atoms with van der Waals surface area (Å²) < 4.78 is 5.28. The van der Waals surface area contributed by atoms with E-state index in [2.05, 4.69) is 4.99 Å². The van der Waals surface area contributed by atoms with Crippen LogP contribution < -0.4 is 0 Å². The highest BCUT2D eigenvalue weighted by Gasteiger charge is 2.22. The number of rotatable bonds is 3. The van der Waals surface area contributed by atoms with Crippen LogP contribution in [0.4, 0.5) is 4.79 Å². The largest absolute Gasteiger partial charge is 0.444 e. The molecule has 2 rings (SSSR count). The lowest BCUT2D eigenvalue weighted by atomic mass is 10.2. The first-order valence-corrected chi connectivity index (χ1v) is 6.40. The van der Waals surface area contributed by atoms with E-state index >= 15 is 0 Å². The van der Waals surface area contributed by atoms with Crippen LogP contribution >= 0.6 is 0 Å². The standard InChI is InChI=1S/C15H18N2O2/c1-12(2)16-14-9-6-10-17(14)15(18)19-11-13-7-4-3-5-8-13/h3-8,10,12H,9,11H2,1-2H3/b16-14-. The number of carbonyl (C=O) groups is 1. The lowest BCUT2D eigenvalue weighted by molar-refractivity contribution is 0.125. The van der Waals surface area contributed by atoms with Crippen LogP contribution in [0, 0.1) is 0 Å². The molecule has 0 unspecified atom stereocenters. The molecule has 0 saturated carbocycles. The molecule has 100 valence electrons. The maximum absolute atomic E-state index is 12.0. The first-order valence-electron chi connectivity index (χ1n) is 6.40. The third kappa shape index (κ3) is 3.68. The van der Waals surface area contributed by atoms with Crippen molar-refractivity contribution in [3.8, 4) is 0 Å². The van der Waals surface area contributed by atoms with E-state index in [1.165, 1.54) is 4.90 Å². The molecule has 1 amide bonds. The Hall–Kier alpha value is -2.10. The molecule has 1 aliphatic heterocycles. The van der Waals surface area contributed by atoms with Gasteiger partial charge in [-0.05, 0) is 19.4 Å². The number of amidine groups is 1. The van der Waals surface area contributed by atoms with Gasteiger partial charge in [-0.15, -0.1) is 0 Å². The summed E-state index contributed by atoms with van der Waals surface area (Å²) >= 11 is 0. The number of nitrogens with zero attached hydrogens (tertiary/aromatic N) is 2. The van der Waals surface area contributed by atoms with Gasteiger partial charge in [0.05, 0.1) is 0 Å². The number of hydrogen-bond donors (Lipinski definition) is 0. The van der Waals surface area contributed by atoms with Crippen molar-refractivity contribution in [2.24, 2.45) is 4.99 Å². The zero-order chi connectivity index (χ0) is 13.7. The zero-order valence-corrected chi connectivity index (χ0v) is 11.2. The second-order valence-corrected chi connectivity index (χ2v) is 4.64. The third-order valence-corrected chi connectivity index (χ3v) is 2.64. The SMILES string of the molecule is CC(C)/N=C1/CC=CN1C(=O)OCc1ccccc1. The highest BCUT2D eigenvalue weighted by Crippen LogP contribution is 2.13. The fourth-order valence-corrected chi connectivity index (χ4v) is 1.82. The van der Waals surface area contributed by atoms with Crippen molar-refractivity contribution in [3.63, 3.8) is 0 Å². The zero-order valence-electron chi connectivity index (χ0n) is 11.2. The summed E-state index contributed by atoms with van der Waals surface area (Å²) in [6.07, 6.45) is 3.93. The maximum Gasteiger partial charge on any atom is 0.419 e. The van der Waals surface area contributed by atoms with E-state index in [4.69, 9.17) is 4.74 Å². The Kier molecular flexibility index (Phi) is 4.34. The van der Waals surface area contributed by atoms with Crippen LogP contribution in [0.3, 0.4) is 0 Å². The van der Waals surface area contributed by atoms with E-state index in [9.17, 15) is 4.79 Å². The Morgan fingerprint density at radius 2 is 2.11 bits per heavy atom. The predicted molar refractivity (Wildman–Crippen MR) is 74.8 cm³/mol. The van der Waals surface area contributed by atoms with Gasteiger partial charge in [-0.1, -0.05) is 36.4 Å². The Bertz CT molecular complexity index is 492. The van der Waals surface area contributed by atoms with Crippen LogP contribution in [0.2, 0.25) is 0 Å². The fraction of sp³-hybridized carbons (Fsp3) is 0.333. The van der Waals surface area contributed by atoms with Crippen molar-refractivity contribution >= 4 is 11.9 Å². The van der Waals surface area contributed by atoms with Gasteiger partial charge in [0, 0.05) is 18.7 Å². The molecule has 0 bridgehead atoms. The summed E-state index contributed by atoms with van der Waals surface area (Å²) in [6, 6.07) is 9.79.